The van der Waals surface area contributed by atoms with Gasteiger partial charge >= 0.3 is 5.97 Å². The summed E-state index contributed by atoms with van der Waals surface area (Å²) in [5.41, 5.74) is 0. The first-order valence-electron chi connectivity index (χ1n) is 7.62. The van der Waals surface area contributed by atoms with Gasteiger partial charge in [0.15, 0.2) is 0 Å². The summed E-state index contributed by atoms with van der Waals surface area (Å²) < 4.78 is 5.59. The van der Waals surface area contributed by atoms with E-state index in [-0.39, 0.29) is 12.1 Å². The molecule has 4 atom stereocenters. The molecule has 0 amide bonds. The second-order valence-electron chi connectivity index (χ2n) is 6.39. The number of rotatable bonds is 5. The first-order valence-corrected chi connectivity index (χ1v) is 7.62. The number of hydrogen-bond acceptors (Lipinski definition) is 2. The van der Waals surface area contributed by atoms with Crippen LogP contribution in [-0.2, 0) is 9.53 Å². The Morgan fingerprint density at radius 3 is 2.50 bits per heavy atom. The van der Waals surface area contributed by atoms with E-state index in [1.54, 1.807) is 0 Å². The highest BCUT2D eigenvalue weighted by Crippen LogP contribution is 2.40. The van der Waals surface area contributed by atoms with Crippen LogP contribution in [0.4, 0.5) is 0 Å². The zero-order valence-corrected chi connectivity index (χ0v) is 12.7. The Kier molecular flexibility index (Phi) is 6.17. The number of hydrogen-bond donors (Lipinski definition) is 0. The van der Waals surface area contributed by atoms with Crippen LogP contribution >= 0.6 is 0 Å². The highest BCUT2D eigenvalue weighted by atomic mass is 16.5. The molecule has 1 fully saturated rings. The summed E-state index contributed by atoms with van der Waals surface area (Å²) in [5, 5.41) is 0. The molecule has 1 rings (SSSR count). The Bertz CT molecular complexity index is 260. The highest BCUT2D eigenvalue weighted by Gasteiger charge is 2.35. The summed E-state index contributed by atoms with van der Waals surface area (Å²) in [7, 11) is 0. The summed E-state index contributed by atoms with van der Waals surface area (Å²) >= 11 is 0. The van der Waals surface area contributed by atoms with Crippen molar-refractivity contribution in [3.05, 3.63) is 0 Å². The fourth-order valence-electron chi connectivity index (χ4n) is 3.37. The van der Waals surface area contributed by atoms with Gasteiger partial charge in [-0.05, 0) is 42.9 Å². The minimum atomic E-state index is -0.118. The molecule has 106 valence electrons. The first kappa shape index (κ1) is 15.5. The van der Waals surface area contributed by atoms with Gasteiger partial charge < -0.3 is 4.74 Å². The van der Waals surface area contributed by atoms with Gasteiger partial charge in [0.1, 0.15) is 6.10 Å². The zero-order valence-electron chi connectivity index (χ0n) is 12.7. The van der Waals surface area contributed by atoms with E-state index in [2.05, 4.69) is 27.7 Å². The van der Waals surface area contributed by atoms with E-state index in [0.29, 0.717) is 11.8 Å². The molecule has 4 unspecified atom stereocenters. The third kappa shape index (κ3) is 4.29. The molecule has 0 saturated heterocycles. The van der Waals surface area contributed by atoms with Gasteiger partial charge in [-0.25, -0.2) is 0 Å². The fourth-order valence-corrected chi connectivity index (χ4v) is 3.37. The molecule has 0 aromatic carbocycles. The molecule has 1 aliphatic carbocycles. The molecule has 0 heterocycles. The Morgan fingerprint density at radius 2 is 2.00 bits per heavy atom. The van der Waals surface area contributed by atoms with Crippen LogP contribution in [0.25, 0.3) is 0 Å². The van der Waals surface area contributed by atoms with Crippen molar-refractivity contribution in [2.24, 2.45) is 23.7 Å². The van der Waals surface area contributed by atoms with Crippen molar-refractivity contribution in [3.8, 4) is 0 Å². The van der Waals surface area contributed by atoms with Gasteiger partial charge in [0.2, 0.25) is 0 Å². The van der Waals surface area contributed by atoms with Crippen molar-refractivity contribution in [2.75, 3.05) is 0 Å². The molecule has 1 aliphatic rings. The van der Waals surface area contributed by atoms with Crippen LogP contribution in [0.5, 0.6) is 0 Å². The Hall–Kier alpha value is -0.530. The molecule has 0 aliphatic heterocycles. The molecule has 2 heteroatoms. The Labute approximate surface area is 112 Å². The molecule has 2 nitrogen and oxygen atoms in total. The summed E-state index contributed by atoms with van der Waals surface area (Å²) in [4.78, 5) is 11.3. The van der Waals surface area contributed by atoms with Crippen LogP contribution in [-0.4, -0.2) is 12.1 Å². The quantitative estimate of drug-likeness (QED) is 0.679. The maximum absolute atomic E-state index is 11.3. The lowest BCUT2D eigenvalue weighted by atomic mass is 9.68. The minimum absolute atomic E-state index is 0.118. The van der Waals surface area contributed by atoms with Crippen LogP contribution in [0.2, 0.25) is 0 Å². The maximum atomic E-state index is 11.3. The van der Waals surface area contributed by atoms with Crippen LogP contribution in [0, 0.1) is 23.7 Å². The van der Waals surface area contributed by atoms with E-state index in [9.17, 15) is 4.79 Å². The summed E-state index contributed by atoms with van der Waals surface area (Å²) in [5.74, 6) is 2.69. The van der Waals surface area contributed by atoms with Crippen LogP contribution in [0.3, 0.4) is 0 Å². The highest BCUT2D eigenvalue weighted by molar-refractivity contribution is 5.66. The first-order chi connectivity index (χ1) is 8.45. The van der Waals surface area contributed by atoms with Crippen molar-refractivity contribution in [1.29, 1.82) is 0 Å². The molecular weight excluding hydrogens is 224 g/mol. The van der Waals surface area contributed by atoms with E-state index >= 15 is 0 Å². The summed E-state index contributed by atoms with van der Waals surface area (Å²) in [6.07, 6.45) is 6.11. The predicted molar refractivity (Wildman–Crippen MR) is 75.3 cm³/mol. The van der Waals surface area contributed by atoms with Crippen LogP contribution in [0.15, 0.2) is 0 Å². The van der Waals surface area contributed by atoms with E-state index in [0.717, 1.165) is 24.7 Å². The van der Waals surface area contributed by atoms with Gasteiger partial charge in [0.25, 0.3) is 0 Å². The molecule has 1 saturated carbocycles. The number of carbonyl (C=O) groups is 1. The summed E-state index contributed by atoms with van der Waals surface area (Å²) in [6.45, 7) is 10.7. The second kappa shape index (κ2) is 7.16. The van der Waals surface area contributed by atoms with Crippen molar-refractivity contribution in [1.82, 2.24) is 0 Å². The predicted octanol–water partition coefficient (Wildman–Crippen LogP) is 4.43. The Balaban J connectivity index is 2.70. The van der Waals surface area contributed by atoms with Gasteiger partial charge in [-0.3, -0.25) is 4.79 Å². The lowest BCUT2D eigenvalue weighted by Gasteiger charge is -2.40. The smallest absolute Gasteiger partial charge is 0.302 e. The van der Waals surface area contributed by atoms with Crippen LogP contribution < -0.4 is 0 Å². The monoisotopic (exact) mass is 254 g/mol. The molecule has 0 spiro atoms. The summed E-state index contributed by atoms with van der Waals surface area (Å²) in [6, 6.07) is 0. The lowest BCUT2D eigenvalue weighted by molar-refractivity contribution is -0.152. The van der Waals surface area contributed by atoms with Gasteiger partial charge in [-0.15, -0.1) is 0 Å². The van der Waals surface area contributed by atoms with Gasteiger partial charge in [-0.2, -0.15) is 0 Å². The van der Waals surface area contributed by atoms with E-state index in [1.165, 1.54) is 26.2 Å². The molecular formula is C16H30O2. The number of carbonyl (C=O) groups excluding carboxylic acids is 1. The molecule has 0 aromatic heterocycles. The van der Waals surface area contributed by atoms with Gasteiger partial charge in [0, 0.05) is 6.92 Å². The number of esters is 1. The van der Waals surface area contributed by atoms with Crippen LogP contribution in [0.1, 0.15) is 66.7 Å². The van der Waals surface area contributed by atoms with Crippen molar-refractivity contribution >= 4 is 5.97 Å². The number of ether oxygens (including phenoxy) is 1. The van der Waals surface area contributed by atoms with E-state index < -0.39 is 0 Å². The zero-order chi connectivity index (χ0) is 13.7. The average molecular weight is 254 g/mol. The topological polar surface area (TPSA) is 26.3 Å². The standard InChI is InChI=1S/C16H30O2/c1-6-7-16(18-13(5)17)15-10-14(11(2)3)9-8-12(15)4/h11-12,14-16H,6-10H2,1-5H3. The molecule has 18 heavy (non-hydrogen) atoms. The molecule has 0 aromatic rings. The molecule has 0 radical (unpaired) electrons. The van der Waals surface area contributed by atoms with Crippen molar-refractivity contribution in [3.63, 3.8) is 0 Å². The third-order valence-corrected chi connectivity index (χ3v) is 4.61. The maximum Gasteiger partial charge on any atom is 0.302 e. The third-order valence-electron chi connectivity index (χ3n) is 4.61. The normalized spacial score (nSPS) is 30.2. The minimum Gasteiger partial charge on any atom is -0.462 e. The largest absolute Gasteiger partial charge is 0.462 e. The van der Waals surface area contributed by atoms with Crippen molar-refractivity contribution < 1.29 is 9.53 Å². The van der Waals surface area contributed by atoms with Crippen molar-refractivity contribution in [2.45, 2.75) is 72.8 Å². The second-order valence-corrected chi connectivity index (χ2v) is 6.39. The lowest BCUT2D eigenvalue weighted by Crippen LogP contribution is -2.36. The molecule has 0 bridgehead atoms. The van der Waals surface area contributed by atoms with Gasteiger partial charge in [0.05, 0.1) is 0 Å². The molecule has 0 N–H and O–H groups in total. The SMILES string of the molecule is CCCC(OC(C)=O)C1CC(C(C)C)CCC1C. The van der Waals surface area contributed by atoms with E-state index in [1.807, 2.05) is 0 Å². The average Bonchev–Trinajstić information content (AvgIpc) is 2.28. The fraction of sp³-hybridized carbons (Fsp3) is 0.938. The Morgan fingerprint density at radius 1 is 1.33 bits per heavy atom. The van der Waals surface area contributed by atoms with Gasteiger partial charge in [-0.1, -0.05) is 40.5 Å². The van der Waals surface area contributed by atoms with E-state index in [4.69, 9.17) is 4.74 Å².